The fraction of sp³-hybridized carbons (Fsp3) is 0.381. The van der Waals surface area contributed by atoms with Gasteiger partial charge >= 0.3 is 0 Å². The van der Waals surface area contributed by atoms with Gasteiger partial charge < -0.3 is 10.1 Å². The van der Waals surface area contributed by atoms with Crippen molar-refractivity contribution < 1.29 is 17.9 Å². The number of amides is 1. The Morgan fingerprint density at radius 2 is 1.75 bits per heavy atom. The van der Waals surface area contributed by atoms with Crippen molar-refractivity contribution in [2.24, 2.45) is 0 Å². The standard InChI is InChI=1S/C21H28N2O4S/c1-14-10-16(3)20(11-15(14)2)17(4)22-21(24)13-23(28(6,25)26)18-8-7-9-19(12-18)27-5/h7-12,17H,13H2,1-6H3,(H,22,24)/t17-/m0/s1. The van der Waals surface area contributed by atoms with Gasteiger partial charge in [-0.2, -0.15) is 0 Å². The van der Waals surface area contributed by atoms with E-state index in [0.29, 0.717) is 11.4 Å². The zero-order valence-corrected chi connectivity index (χ0v) is 18.1. The number of nitrogens with one attached hydrogen (secondary N) is 1. The van der Waals surface area contributed by atoms with Crippen LogP contribution in [0.1, 0.15) is 35.2 Å². The molecule has 0 spiro atoms. The molecule has 2 aromatic carbocycles. The van der Waals surface area contributed by atoms with Crippen molar-refractivity contribution in [2.45, 2.75) is 33.7 Å². The summed E-state index contributed by atoms with van der Waals surface area (Å²) < 4.78 is 30.8. The van der Waals surface area contributed by atoms with Gasteiger partial charge in [-0.25, -0.2) is 8.42 Å². The van der Waals surface area contributed by atoms with E-state index in [1.807, 2.05) is 27.7 Å². The maximum Gasteiger partial charge on any atom is 0.241 e. The van der Waals surface area contributed by atoms with Crippen LogP contribution in [0.4, 0.5) is 5.69 Å². The van der Waals surface area contributed by atoms with Gasteiger partial charge in [-0.1, -0.05) is 18.2 Å². The van der Waals surface area contributed by atoms with Crippen LogP contribution in [0.25, 0.3) is 0 Å². The lowest BCUT2D eigenvalue weighted by atomic mass is 9.96. The van der Waals surface area contributed by atoms with E-state index in [4.69, 9.17) is 4.74 Å². The van der Waals surface area contributed by atoms with Gasteiger partial charge in [0.05, 0.1) is 25.1 Å². The van der Waals surface area contributed by atoms with Gasteiger partial charge in [-0.3, -0.25) is 9.10 Å². The van der Waals surface area contributed by atoms with E-state index in [1.165, 1.54) is 12.7 Å². The molecule has 0 bridgehead atoms. The summed E-state index contributed by atoms with van der Waals surface area (Å²) in [5.74, 6) is 0.143. The van der Waals surface area contributed by atoms with E-state index < -0.39 is 10.0 Å². The average molecular weight is 405 g/mol. The van der Waals surface area contributed by atoms with Crippen molar-refractivity contribution in [3.8, 4) is 5.75 Å². The molecule has 0 saturated heterocycles. The summed E-state index contributed by atoms with van der Waals surface area (Å²) in [6.45, 7) is 7.67. The van der Waals surface area contributed by atoms with Crippen LogP contribution in [0, 0.1) is 20.8 Å². The molecule has 28 heavy (non-hydrogen) atoms. The van der Waals surface area contributed by atoms with Crippen LogP contribution in [0.15, 0.2) is 36.4 Å². The quantitative estimate of drug-likeness (QED) is 0.769. The predicted molar refractivity (Wildman–Crippen MR) is 112 cm³/mol. The van der Waals surface area contributed by atoms with Crippen molar-refractivity contribution in [3.05, 3.63) is 58.7 Å². The monoisotopic (exact) mass is 404 g/mol. The fourth-order valence-electron chi connectivity index (χ4n) is 3.11. The third kappa shape index (κ3) is 5.25. The summed E-state index contributed by atoms with van der Waals surface area (Å²) in [7, 11) is -2.14. The average Bonchev–Trinajstić information content (AvgIpc) is 2.61. The lowest BCUT2D eigenvalue weighted by Gasteiger charge is -2.24. The van der Waals surface area contributed by atoms with Gasteiger partial charge in [0.2, 0.25) is 15.9 Å². The molecule has 1 N–H and O–H groups in total. The Morgan fingerprint density at radius 3 is 2.36 bits per heavy atom. The molecule has 0 saturated carbocycles. The summed E-state index contributed by atoms with van der Waals surface area (Å²) in [4.78, 5) is 12.6. The molecule has 0 radical (unpaired) electrons. The van der Waals surface area contributed by atoms with Crippen molar-refractivity contribution in [2.75, 3.05) is 24.2 Å². The number of methoxy groups -OCH3 is 1. The van der Waals surface area contributed by atoms with Gasteiger partial charge in [-0.05, 0) is 62.1 Å². The number of rotatable bonds is 7. The van der Waals surface area contributed by atoms with Crippen LogP contribution in [0.5, 0.6) is 5.75 Å². The van der Waals surface area contributed by atoms with E-state index in [-0.39, 0.29) is 18.5 Å². The van der Waals surface area contributed by atoms with E-state index in [1.54, 1.807) is 24.3 Å². The molecule has 0 unspecified atom stereocenters. The van der Waals surface area contributed by atoms with Crippen molar-refractivity contribution in [1.29, 1.82) is 0 Å². The number of carbonyl (C=O) groups is 1. The molecule has 1 atom stereocenters. The Hall–Kier alpha value is -2.54. The van der Waals surface area contributed by atoms with Crippen LogP contribution < -0.4 is 14.4 Å². The topological polar surface area (TPSA) is 75.7 Å². The second-order valence-electron chi connectivity index (χ2n) is 7.05. The molecule has 0 aliphatic heterocycles. The summed E-state index contributed by atoms with van der Waals surface area (Å²) in [5.41, 5.74) is 4.83. The Labute approximate surface area is 167 Å². The molecule has 0 aliphatic rings. The van der Waals surface area contributed by atoms with E-state index in [2.05, 4.69) is 17.4 Å². The van der Waals surface area contributed by atoms with Crippen LogP contribution in [-0.2, 0) is 14.8 Å². The largest absolute Gasteiger partial charge is 0.497 e. The molecule has 0 fully saturated rings. The first-order valence-corrected chi connectivity index (χ1v) is 10.9. The molecule has 152 valence electrons. The summed E-state index contributed by atoms with van der Waals surface area (Å²) in [5, 5.41) is 2.91. The minimum Gasteiger partial charge on any atom is -0.497 e. The van der Waals surface area contributed by atoms with Gasteiger partial charge in [0, 0.05) is 6.07 Å². The highest BCUT2D eigenvalue weighted by atomic mass is 32.2. The smallest absolute Gasteiger partial charge is 0.241 e. The lowest BCUT2D eigenvalue weighted by molar-refractivity contribution is -0.120. The first-order valence-electron chi connectivity index (χ1n) is 9.01. The molecule has 2 rings (SSSR count). The second-order valence-corrected chi connectivity index (χ2v) is 8.96. The van der Waals surface area contributed by atoms with Gasteiger partial charge in [0.25, 0.3) is 0 Å². The van der Waals surface area contributed by atoms with Crippen molar-refractivity contribution >= 4 is 21.6 Å². The fourth-order valence-corrected chi connectivity index (χ4v) is 3.96. The molecule has 1 amide bonds. The van der Waals surface area contributed by atoms with Crippen LogP contribution in [0.2, 0.25) is 0 Å². The predicted octanol–water partition coefficient (Wildman–Crippen LogP) is 3.26. The van der Waals surface area contributed by atoms with Crippen molar-refractivity contribution in [1.82, 2.24) is 5.32 Å². The number of carbonyl (C=O) groups excluding carboxylic acids is 1. The Kier molecular flexibility index (Phi) is 6.72. The number of hydrogen-bond donors (Lipinski definition) is 1. The first kappa shape index (κ1) is 21.8. The molecular formula is C21H28N2O4S. The van der Waals surface area contributed by atoms with Gasteiger partial charge in [0.15, 0.2) is 0 Å². The molecule has 2 aromatic rings. The normalized spacial score (nSPS) is 12.4. The Balaban J connectivity index is 2.21. The highest BCUT2D eigenvalue weighted by Gasteiger charge is 2.22. The molecule has 7 heteroatoms. The Morgan fingerprint density at radius 1 is 1.11 bits per heavy atom. The number of aryl methyl sites for hydroxylation is 3. The number of anilines is 1. The number of nitrogens with zero attached hydrogens (tertiary/aromatic N) is 1. The minimum atomic E-state index is -3.64. The third-order valence-corrected chi connectivity index (χ3v) is 5.90. The second kappa shape index (κ2) is 8.65. The third-order valence-electron chi connectivity index (χ3n) is 4.76. The molecule has 6 nitrogen and oxygen atoms in total. The molecule has 0 aliphatic carbocycles. The zero-order chi connectivity index (χ0) is 21.1. The van der Waals surface area contributed by atoms with E-state index >= 15 is 0 Å². The minimum absolute atomic E-state index is 0.237. The maximum absolute atomic E-state index is 12.6. The van der Waals surface area contributed by atoms with Crippen molar-refractivity contribution in [3.63, 3.8) is 0 Å². The molecule has 0 aromatic heterocycles. The lowest BCUT2D eigenvalue weighted by Crippen LogP contribution is -2.41. The Bertz CT molecular complexity index is 970. The number of ether oxygens (including phenoxy) is 1. The number of hydrogen-bond acceptors (Lipinski definition) is 4. The van der Waals surface area contributed by atoms with Gasteiger partial charge in [0.1, 0.15) is 12.3 Å². The highest BCUT2D eigenvalue weighted by molar-refractivity contribution is 7.92. The SMILES string of the molecule is COc1cccc(N(CC(=O)N[C@@H](C)c2cc(C)c(C)cc2C)S(C)(=O)=O)c1. The summed E-state index contributed by atoms with van der Waals surface area (Å²) in [6.07, 6.45) is 1.08. The summed E-state index contributed by atoms with van der Waals surface area (Å²) in [6, 6.07) is 10.5. The van der Waals surface area contributed by atoms with Crippen LogP contribution >= 0.6 is 0 Å². The molecular weight excluding hydrogens is 376 g/mol. The number of benzene rings is 2. The zero-order valence-electron chi connectivity index (χ0n) is 17.2. The number of sulfonamides is 1. The van der Waals surface area contributed by atoms with E-state index in [0.717, 1.165) is 27.3 Å². The molecule has 0 heterocycles. The first-order chi connectivity index (χ1) is 13.0. The van der Waals surface area contributed by atoms with Crippen LogP contribution in [-0.4, -0.2) is 34.2 Å². The summed E-state index contributed by atoms with van der Waals surface area (Å²) >= 11 is 0. The van der Waals surface area contributed by atoms with Crippen LogP contribution in [0.3, 0.4) is 0 Å². The van der Waals surface area contributed by atoms with Gasteiger partial charge in [-0.15, -0.1) is 0 Å². The van der Waals surface area contributed by atoms with E-state index in [9.17, 15) is 13.2 Å². The maximum atomic E-state index is 12.6. The highest BCUT2D eigenvalue weighted by Crippen LogP contribution is 2.24.